The van der Waals surface area contributed by atoms with Crippen molar-refractivity contribution in [2.75, 3.05) is 19.6 Å². The Bertz CT molecular complexity index is 276. The van der Waals surface area contributed by atoms with Gasteiger partial charge in [-0.05, 0) is 62.9 Å². The molecule has 0 aromatic heterocycles. The lowest BCUT2D eigenvalue weighted by atomic mass is 9.70. The van der Waals surface area contributed by atoms with Crippen LogP contribution >= 0.6 is 0 Å². The van der Waals surface area contributed by atoms with Gasteiger partial charge in [0.1, 0.15) is 0 Å². The summed E-state index contributed by atoms with van der Waals surface area (Å²) in [5.41, 5.74) is 6.61. The molecule has 0 bridgehead atoms. The molecule has 0 aromatic carbocycles. The van der Waals surface area contributed by atoms with Crippen LogP contribution in [0.25, 0.3) is 0 Å². The SMILES string of the molecule is CC1CCCN(C2(CN)CCCC(C(C)C)C2)CC1. The summed E-state index contributed by atoms with van der Waals surface area (Å²) >= 11 is 0. The van der Waals surface area contributed by atoms with Crippen LogP contribution in [0, 0.1) is 17.8 Å². The van der Waals surface area contributed by atoms with Gasteiger partial charge in [-0.2, -0.15) is 0 Å². The zero-order valence-electron chi connectivity index (χ0n) is 13.3. The Labute approximate surface area is 120 Å². The molecule has 0 aromatic rings. The zero-order chi connectivity index (χ0) is 13.9. The van der Waals surface area contributed by atoms with E-state index in [0.717, 1.165) is 24.3 Å². The molecule has 2 heteroatoms. The molecule has 2 rings (SSSR count). The molecule has 2 nitrogen and oxygen atoms in total. The predicted octanol–water partition coefficient (Wildman–Crippen LogP) is 3.65. The van der Waals surface area contributed by atoms with Crippen LogP contribution in [0.5, 0.6) is 0 Å². The second-order valence-corrected chi connectivity index (χ2v) is 7.55. The van der Waals surface area contributed by atoms with E-state index in [9.17, 15) is 0 Å². The fourth-order valence-electron chi connectivity index (χ4n) is 4.29. The van der Waals surface area contributed by atoms with Crippen molar-refractivity contribution in [3.05, 3.63) is 0 Å². The van der Waals surface area contributed by atoms with Crippen molar-refractivity contribution >= 4 is 0 Å². The minimum atomic E-state index is 0.331. The van der Waals surface area contributed by atoms with E-state index in [1.54, 1.807) is 0 Å². The van der Waals surface area contributed by atoms with E-state index in [-0.39, 0.29) is 0 Å². The van der Waals surface area contributed by atoms with Crippen LogP contribution in [0.2, 0.25) is 0 Å². The van der Waals surface area contributed by atoms with Crippen molar-refractivity contribution < 1.29 is 0 Å². The monoisotopic (exact) mass is 266 g/mol. The lowest BCUT2D eigenvalue weighted by molar-refractivity contribution is 0.0272. The van der Waals surface area contributed by atoms with Gasteiger partial charge in [-0.25, -0.2) is 0 Å². The molecule has 2 N–H and O–H groups in total. The normalized spacial score (nSPS) is 38.4. The van der Waals surface area contributed by atoms with Crippen LogP contribution < -0.4 is 5.73 Å². The lowest BCUT2D eigenvalue weighted by Crippen LogP contribution is -2.57. The van der Waals surface area contributed by atoms with E-state index in [2.05, 4.69) is 25.7 Å². The number of rotatable bonds is 3. The maximum atomic E-state index is 6.28. The van der Waals surface area contributed by atoms with Gasteiger partial charge in [0.05, 0.1) is 0 Å². The average Bonchev–Trinajstić information content (AvgIpc) is 2.64. The van der Waals surface area contributed by atoms with Crippen molar-refractivity contribution in [2.24, 2.45) is 23.5 Å². The second kappa shape index (κ2) is 6.58. The Balaban J connectivity index is 2.07. The van der Waals surface area contributed by atoms with Gasteiger partial charge < -0.3 is 5.73 Å². The quantitative estimate of drug-likeness (QED) is 0.845. The summed E-state index contributed by atoms with van der Waals surface area (Å²) in [6, 6.07) is 0. The van der Waals surface area contributed by atoms with E-state index in [1.165, 1.54) is 58.0 Å². The van der Waals surface area contributed by atoms with Gasteiger partial charge in [0, 0.05) is 12.1 Å². The molecule has 1 heterocycles. The Hall–Kier alpha value is -0.0800. The second-order valence-electron chi connectivity index (χ2n) is 7.55. The standard InChI is InChI=1S/C17H34N2/c1-14(2)16-7-4-9-17(12-16,13-18)19-10-5-6-15(3)8-11-19/h14-16H,4-13,18H2,1-3H3. The molecule has 2 aliphatic rings. The minimum Gasteiger partial charge on any atom is -0.329 e. The third-order valence-electron chi connectivity index (χ3n) is 5.87. The molecule has 1 aliphatic heterocycles. The Morgan fingerprint density at radius 2 is 1.95 bits per heavy atom. The molecule has 3 atom stereocenters. The topological polar surface area (TPSA) is 29.3 Å². The molecule has 1 aliphatic carbocycles. The van der Waals surface area contributed by atoms with Gasteiger partial charge in [-0.1, -0.05) is 33.6 Å². The smallest absolute Gasteiger partial charge is 0.0334 e. The van der Waals surface area contributed by atoms with E-state index in [0.29, 0.717) is 5.54 Å². The predicted molar refractivity (Wildman–Crippen MR) is 83.2 cm³/mol. The van der Waals surface area contributed by atoms with Crippen molar-refractivity contribution in [2.45, 2.75) is 71.3 Å². The third kappa shape index (κ3) is 3.52. The summed E-state index contributed by atoms with van der Waals surface area (Å²) in [5, 5.41) is 0. The number of nitrogens with two attached hydrogens (primary N) is 1. The van der Waals surface area contributed by atoms with E-state index >= 15 is 0 Å². The maximum Gasteiger partial charge on any atom is 0.0334 e. The first-order valence-corrected chi connectivity index (χ1v) is 8.52. The molecule has 19 heavy (non-hydrogen) atoms. The highest BCUT2D eigenvalue weighted by Crippen LogP contribution is 2.40. The molecular formula is C17H34N2. The Morgan fingerprint density at radius 3 is 2.63 bits per heavy atom. The van der Waals surface area contributed by atoms with Crippen LogP contribution in [0.4, 0.5) is 0 Å². The lowest BCUT2D eigenvalue weighted by Gasteiger charge is -2.49. The molecular weight excluding hydrogens is 232 g/mol. The molecule has 112 valence electrons. The van der Waals surface area contributed by atoms with Gasteiger partial charge in [0.2, 0.25) is 0 Å². The van der Waals surface area contributed by atoms with Gasteiger partial charge >= 0.3 is 0 Å². The van der Waals surface area contributed by atoms with Gasteiger partial charge in [-0.15, -0.1) is 0 Å². The third-order valence-corrected chi connectivity index (χ3v) is 5.87. The summed E-state index contributed by atoms with van der Waals surface area (Å²) < 4.78 is 0. The summed E-state index contributed by atoms with van der Waals surface area (Å²) in [5.74, 6) is 2.61. The fourth-order valence-corrected chi connectivity index (χ4v) is 4.29. The summed E-state index contributed by atoms with van der Waals surface area (Å²) in [6.45, 7) is 10.6. The van der Waals surface area contributed by atoms with E-state index in [1.807, 2.05) is 0 Å². The van der Waals surface area contributed by atoms with Crippen molar-refractivity contribution in [3.63, 3.8) is 0 Å². The van der Waals surface area contributed by atoms with E-state index < -0.39 is 0 Å². The molecule has 2 fully saturated rings. The number of hydrogen-bond acceptors (Lipinski definition) is 2. The molecule has 3 unspecified atom stereocenters. The van der Waals surface area contributed by atoms with Crippen molar-refractivity contribution in [1.29, 1.82) is 0 Å². The van der Waals surface area contributed by atoms with Crippen LogP contribution in [0.15, 0.2) is 0 Å². The highest BCUT2D eigenvalue weighted by atomic mass is 15.2. The van der Waals surface area contributed by atoms with Crippen molar-refractivity contribution in [3.8, 4) is 0 Å². The van der Waals surface area contributed by atoms with E-state index in [4.69, 9.17) is 5.73 Å². The minimum absolute atomic E-state index is 0.331. The van der Waals surface area contributed by atoms with Gasteiger partial charge in [-0.3, -0.25) is 4.90 Å². The van der Waals surface area contributed by atoms with Gasteiger partial charge in [0.25, 0.3) is 0 Å². The molecule has 1 saturated heterocycles. The first-order chi connectivity index (χ1) is 9.07. The number of hydrogen-bond donors (Lipinski definition) is 1. The Kier molecular flexibility index (Phi) is 5.30. The molecule has 0 spiro atoms. The Morgan fingerprint density at radius 1 is 1.16 bits per heavy atom. The first-order valence-electron chi connectivity index (χ1n) is 8.52. The largest absolute Gasteiger partial charge is 0.329 e. The maximum absolute atomic E-state index is 6.28. The van der Waals surface area contributed by atoms with Crippen LogP contribution in [-0.2, 0) is 0 Å². The highest BCUT2D eigenvalue weighted by Gasteiger charge is 2.41. The fraction of sp³-hybridized carbons (Fsp3) is 1.00. The van der Waals surface area contributed by atoms with Gasteiger partial charge in [0.15, 0.2) is 0 Å². The summed E-state index contributed by atoms with van der Waals surface area (Å²) in [4.78, 5) is 2.78. The number of nitrogens with zero attached hydrogens (tertiary/aromatic N) is 1. The zero-order valence-corrected chi connectivity index (χ0v) is 13.3. The van der Waals surface area contributed by atoms with Crippen LogP contribution in [0.1, 0.15) is 65.7 Å². The molecule has 0 radical (unpaired) electrons. The van der Waals surface area contributed by atoms with Crippen molar-refractivity contribution in [1.82, 2.24) is 4.90 Å². The van der Waals surface area contributed by atoms with Crippen LogP contribution in [0.3, 0.4) is 0 Å². The summed E-state index contributed by atoms with van der Waals surface area (Å²) in [7, 11) is 0. The number of likely N-dealkylation sites (tertiary alicyclic amines) is 1. The van der Waals surface area contributed by atoms with Crippen LogP contribution in [-0.4, -0.2) is 30.1 Å². The first kappa shape index (κ1) is 15.3. The summed E-state index contributed by atoms with van der Waals surface area (Å²) in [6.07, 6.45) is 9.63. The molecule has 0 amide bonds. The average molecular weight is 266 g/mol. The molecule has 1 saturated carbocycles. The highest BCUT2D eigenvalue weighted by molar-refractivity contribution is 4.97.